The summed E-state index contributed by atoms with van der Waals surface area (Å²) >= 11 is 1.57. The minimum absolute atomic E-state index is 0.111. The van der Waals surface area contributed by atoms with Gasteiger partial charge in [-0.25, -0.2) is 4.79 Å². The van der Waals surface area contributed by atoms with Gasteiger partial charge < -0.3 is 14.9 Å². The zero-order chi connectivity index (χ0) is 26.3. The van der Waals surface area contributed by atoms with Crippen molar-refractivity contribution in [3.63, 3.8) is 0 Å². The van der Waals surface area contributed by atoms with Crippen molar-refractivity contribution in [2.75, 3.05) is 6.61 Å². The van der Waals surface area contributed by atoms with Gasteiger partial charge in [-0.05, 0) is 79.6 Å². The number of hydrogen-bond donors (Lipinski definition) is 2. The molecule has 0 saturated heterocycles. The highest BCUT2D eigenvalue weighted by atomic mass is 32.2. The third-order valence-electron chi connectivity index (χ3n) is 6.19. The average Bonchev–Trinajstić information content (AvgIpc) is 2.93. The Morgan fingerprint density at radius 1 is 0.919 bits per heavy atom. The second-order valence-electron chi connectivity index (χ2n) is 9.19. The number of benzene rings is 3. The number of aliphatic hydroxyl groups excluding tert-OH is 1. The molecule has 3 rings (SSSR count). The van der Waals surface area contributed by atoms with Crippen LogP contribution in [-0.4, -0.2) is 34.1 Å². The van der Waals surface area contributed by atoms with Crippen molar-refractivity contribution in [1.82, 2.24) is 0 Å². The summed E-state index contributed by atoms with van der Waals surface area (Å²) in [5.74, 6) is -0.00254. The molecule has 0 radical (unpaired) electrons. The molecule has 2 atom stereocenters. The van der Waals surface area contributed by atoms with E-state index >= 15 is 0 Å². The van der Waals surface area contributed by atoms with Crippen molar-refractivity contribution in [2.24, 2.45) is 0 Å². The van der Waals surface area contributed by atoms with Gasteiger partial charge in [0.1, 0.15) is 5.75 Å². The van der Waals surface area contributed by atoms with Crippen LogP contribution >= 0.6 is 11.8 Å². The van der Waals surface area contributed by atoms with Crippen molar-refractivity contribution >= 4 is 23.8 Å². The van der Waals surface area contributed by atoms with E-state index in [2.05, 4.69) is 43.3 Å². The fourth-order valence-corrected chi connectivity index (χ4v) is 5.03. The summed E-state index contributed by atoms with van der Waals surface area (Å²) in [6.45, 7) is 2.87. The molecule has 0 fully saturated rings. The molecule has 0 unspecified atom stereocenters. The van der Waals surface area contributed by atoms with Crippen LogP contribution in [-0.2, 0) is 6.42 Å². The Morgan fingerprint density at radius 2 is 1.65 bits per heavy atom. The van der Waals surface area contributed by atoms with Crippen molar-refractivity contribution in [2.45, 2.75) is 68.1 Å². The SMILES string of the molecule is CCCC[C@H](O)[C@@H](C=Cc1ccc(CCCCCOc2ccccc2)cc1)Sc1ccc(C(=O)O)cc1. The predicted molar refractivity (Wildman–Crippen MR) is 154 cm³/mol. The van der Waals surface area contributed by atoms with Crippen LogP contribution in [0.2, 0.25) is 0 Å². The van der Waals surface area contributed by atoms with Gasteiger partial charge in [-0.15, -0.1) is 11.8 Å². The Bertz CT molecular complexity index is 1080. The largest absolute Gasteiger partial charge is 0.494 e. The summed E-state index contributed by atoms with van der Waals surface area (Å²) in [4.78, 5) is 12.1. The maximum Gasteiger partial charge on any atom is 0.335 e. The third-order valence-corrected chi connectivity index (χ3v) is 7.47. The molecule has 0 aliphatic heterocycles. The zero-order valence-corrected chi connectivity index (χ0v) is 22.4. The van der Waals surface area contributed by atoms with E-state index in [1.807, 2.05) is 42.5 Å². The highest BCUT2D eigenvalue weighted by Gasteiger charge is 2.18. The number of thioether (sulfide) groups is 1. The number of carboxylic acid groups (broad SMARTS) is 1. The zero-order valence-electron chi connectivity index (χ0n) is 21.6. The van der Waals surface area contributed by atoms with Gasteiger partial charge in [0.05, 0.1) is 23.5 Å². The number of aliphatic hydroxyl groups is 1. The molecule has 2 N–H and O–H groups in total. The highest BCUT2D eigenvalue weighted by molar-refractivity contribution is 8.00. The number of ether oxygens (including phenoxy) is 1. The third kappa shape index (κ3) is 10.5. The molecule has 196 valence electrons. The lowest BCUT2D eigenvalue weighted by Crippen LogP contribution is -2.20. The van der Waals surface area contributed by atoms with Crippen LogP contribution in [0, 0.1) is 0 Å². The predicted octanol–water partition coefficient (Wildman–Crippen LogP) is 7.90. The molecule has 0 amide bonds. The fourth-order valence-electron chi connectivity index (χ4n) is 3.97. The van der Waals surface area contributed by atoms with E-state index in [1.54, 1.807) is 23.9 Å². The summed E-state index contributed by atoms with van der Waals surface area (Å²) < 4.78 is 5.76. The molecule has 3 aromatic carbocycles. The molecule has 0 heterocycles. The number of unbranched alkanes of at least 4 members (excludes halogenated alkanes) is 3. The monoisotopic (exact) mass is 518 g/mol. The Balaban J connectivity index is 1.49. The highest BCUT2D eigenvalue weighted by Crippen LogP contribution is 2.29. The summed E-state index contributed by atoms with van der Waals surface area (Å²) in [6, 6.07) is 25.4. The van der Waals surface area contributed by atoms with Crippen LogP contribution in [0.4, 0.5) is 0 Å². The summed E-state index contributed by atoms with van der Waals surface area (Å²) in [7, 11) is 0. The van der Waals surface area contributed by atoms with Crippen LogP contribution < -0.4 is 4.74 Å². The molecule has 0 bridgehead atoms. The Labute approximate surface area is 225 Å². The van der Waals surface area contributed by atoms with Gasteiger partial charge in [0.15, 0.2) is 0 Å². The molecule has 0 aromatic heterocycles. The first-order valence-electron chi connectivity index (χ1n) is 13.2. The van der Waals surface area contributed by atoms with Gasteiger partial charge in [-0.1, -0.05) is 74.4 Å². The van der Waals surface area contributed by atoms with Gasteiger partial charge in [-0.2, -0.15) is 0 Å². The quantitative estimate of drug-likeness (QED) is 0.149. The number of aromatic carboxylic acids is 1. The van der Waals surface area contributed by atoms with Crippen LogP contribution in [0.25, 0.3) is 6.08 Å². The van der Waals surface area contributed by atoms with E-state index < -0.39 is 12.1 Å². The number of aryl methyl sites for hydroxylation is 1. The molecule has 0 spiro atoms. The van der Waals surface area contributed by atoms with Gasteiger partial charge in [0, 0.05) is 4.90 Å². The minimum atomic E-state index is -0.934. The van der Waals surface area contributed by atoms with Crippen molar-refractivity contribution in [3.8, 4) is 5.75 Å². The number of hydrogen-bond acceptors (Lipinski definition) is 4. The second kappa shape index (κ2) is 16.0. The smallest absolute Gasteiger partial charge is 0.335 e. The lowest BCUT2D eigenvalue weighted by atomic mass is 10.0. The number of carbonyl (C=O) groups is 1. The Hall–Kier alpha value is -3.02. The topological polar surface area (TPSA) is 66.8 Å². The summed E-state index contributed by atoms with van der Waals surface area (Å²) in [6.07, 6.45) is 10.8. The maximum absolute atomic E-state index is 11.1. The van der Waals surface area contributed by atoms with E-state index in [4.69, 9.17) is 9.84 Å². The Kier molecular flexibility index (Phi) is 12.3. The fraction of sp³-hybridized carbons (Fsp3) is 0.344. The molecule has 37 heavy (non-hydrogen) atoms. The summed E-state index contributed by atoms with van der Waals surface area (Å²) in [5.41, 5.74) is 2.70. The van der Waals surface area contributed by atoms with E-state index in [-0.39, 0.29) is 10.8 Å². The first-order valence-corrected chi connectivity index (χ1v) is 14.1. The molecular formula is C32H38O4S. The van der Waals surface area contributed by atoms with Crippen LogP contribution in [0.5, 0.6) is 5.75 Å². The lowest BCUT2D eigenvalue weighted by molar-refractivity contribution is 0.0696. The van der Waals surface area contributed by atoms with Gasteiger partial charge in [0.25, 0.3) is 0 Å². The van der Waals surface area contributed by atoms with Gasteiger partial charge in [0.2, 0.25) is 0 Å². The normalized spacial score (nSPS) is 12.9. The van der Waals surface area contributed by atoms with Gasteiger partial charge in [-0.3, -0.25) is 0 Å². The number of para-hydroxylation sites is 1. The summed E-state index contributed by atoms with van der Waals surface area (Å²) in [5, 5.41) is 19.8. The average molecular weight is 519 g/mol. The number of carboxylic acids is 1. The molecule has 0 aliphatic carbocycles. The van der Waals surface area contributed by atoms with E-state index in [0.29, 0.717) is 0 Å². The second-order valence-corrected chi connectivity index (χ2v) is 10.4. The van der Waals surface area contributed by atoms with Crippen LogP contribution in [0.15, 0.2) is 89.8 Å². The van der Waals surface area contributed by atoms with Crippen LogP contribution in [0.3, 0.4) is 0 Å². The van der Waals surface area contributed by atoms with Crippen molar-refractivity contribution in [3.05, 3.63) is 102 Å². The first kappa shape index (κ1) is 28.5. The molecule has 3 aromatic rings. The van der Waals surface area contributed by atoms with E-state index in [0.717, 1.165) is 67.8 Å². The molecule has 4 nitrogen and oxygen atoms in total. The molecular weight excluding hydrogens is 480 g/mol. The molecule has 0 saturated carbocycles. The standard InChI is InChI=1S/C32H38O4S/c1-2-3-13-30(33)31(37-29-21-19-27(20-22-29)32(34)35)23-18-26-16-14-25(15-17-26)10-6-5-9-24-36-28-11-7-4-8-12-28/h4,7-8,11-12,14-23,30-31,33H,2-3,5-6,9-10,13,24H2,1H3,(H,34,35)/t30-,31+/m0/s1. The number of rotatable bonds is 16. The lowest BCUT2D eigenvalue weighted by Gasteiger charge is -2.19. The van der Waals surface area contributed by atoms with Crippen LogP contribution in [0.1, 0.15) is 66.9 Å². The van der Waals surface area contributed by atoms with E-state index in [9.17, 15) is 9.90 Å². The molecule has 5 heteroatoms. The Morgan fingerprint density at radius 3 is 2.32 bits per heavy atom. The van der Waals surface area contributed by atoms with Crippen molar-refractivity contribution < 1.29 is 19.7 Å². The van der Waals surface area contributed by atoms with Crippen molar-refractivity contribution in [1.29, 1.82) is 0 Å². The minimum Gasteiger partial charge on any atom is -0.494 e. The first-order chi connectivity index (χ1) is 18.0. The van der Waals surface area contributed by atoms with E-state index in [1.165, 1.54) is 5.56 Å². The maximum atomic E-state index is 11.1. The molecule has 0 aliphatic rings. The van der Waals surface area contributed by atoms with Gasteiger partial charge >= 0.3 is 5.97 Å².